The average Bonchev–Trinajstić information content (AvgIpc) is 3.60. The van der Waals surface area contributed by atoms with Gasteiger partial charge in [0.05, 0.1) is 35.3 Å². The van der Waals surface area contributed by atoms with Gasteiger partial charge >= 0.3 is 0 Å². The highest BCUT2D eigenvalue weighted by molar-refractivity contribution is 7.13. The highest BCUT2D eigenvalue weighted by atomic mass is 32.1. The number of nitrogens with one attached hydrogen (secondary N) is 5. The maximum absolute atomic E-state index is 13.8. The van der Waals surface area contributed by atoms with Gasteiger partial charge in [0.2, 0.25) is 35.4 Å². The Labute approximate surface area is 264 Å². The van der Waals surface area contributed by atoms with E-state index in [2.05, 4.69) is 31.6 Å². The van der Waals surface area contributed by atoms with Gasteiger partial charge in [-0.2, -0.15) is 0 Å². The molecule has 6 N–H and O–H groups in total. The summed E-state index contributed by atoms with van der Waals surface area (Å²) < 4.78 is 0. The third-order valence-electron chi connectivity index (χ3n) is 7.63. The van der Waals surface area contributed by atoms with Crippen molar-refractivity contribution in [3.05, 3.63) is 41.0 Å². The van der Waals surface area contributed by atoms with Crippen LogP contribution in [-0.2, 0) is 28.8 Å². The second kappa shape index (κ2) is 14.2. The standard InChI is InChI=1S/C30H39N7O7S/c1-16-25(45-15-34-16)18-7-5-17(6-8-18)24-28(43)33-12-22(40)31-10-9-21(39)32-13-23(41)35-26(30(2,3)4)29(44)37-14-19(38)11-20(37)27(42)36-24/h5-8,15,19-20,24,26,38H,9-14H2,1-4H3,(H,31,40)(H,32,39)(H,33,43)(H,35,41)(H,36,42)/t19-,20+,24-,26?/m1/s1. The summed E-state index contributed by atoms with van der Waals surface area (Å²) in [7, 11) is 0. The molecule has 4 rings (SSSR count). The molecule has 1 aromatic carbocycles. The molecule has 0 spiro atoms. The SMILES string of the molecule is Cc1ncsc1-c1ccc([C@H]2NC(=O)[C@@H]3C[C@@H](O)CN3C(=O)C(C(C)(C)C)NC(=O)CNC(=O)CCNC(=O)CNC2=O)cc1. The number of fused-ring (bicyclic) bond motifs is 1. The normalized spacial score (nSPS) is 24.7. The van der Waals surface area contributed by atoms with Gasteiger partial charge in [-0.1, -0.05) is 45.0 Å². The molecule has 14 nitrogen and oxygen atoms in total. The van der Waals surface area contributed by atoms with Gasteiger partial charge in [0, 0.05) is 25.9 Å². The first-order chi connectivity index (χ1) is 21.2. The van der Waals surface area contributed by atoms with Crippen molar-refractivity contribution < 1.29 is 33.9 Å². The number of amides is 6. The summed E-state index contributed by atoms with van der Waals surface area (Å²) in [5.41, 5.74) is 3.08. The molecule has 15 heteroatoms. The molecular weight excluding hydrogens is 602 g/mol. The van der Waals surface area contributed by atoms with Crippen molar-refractivity contribution in [1.29, 1.82) is 0 Å². The maximum atomic E-state index is 13.8. The molecule has 45 heavy (non-hydrogen) atoms. The number of rotatable bonds is 2. The molecule has 2 aromatic rings. The molecule has 2 fully saturated rings. The van der Waals surface area contributed by atoms with Crippen LogP contribution >= 0.6 is 11.3 Å². The number of benzene rings is 1. The number of carbonyl (C=O) groups excluding carboxylic acids is 6. The first-order valence-electron chi connectivity index (χ1n) is 14.6. The lowest BCUT2D eigenvalue weighted by Gasteiger charge is -2.35. The molecule has 6 amide bonds. The van der Waals surface area contributed by atoms with Crippen molar-refractivity contribution in [2.24, 2.45) is 5.41 Å². The average molecular weight is 642 g/mol. The molecule has 2 aliphatic heterocycles. The van der Waals surface area contributed by atoms with E-state index in [1.54, 1.807) is 50.5 Å². The largest absolute Gasteiger partial charge is 0.391 e. The van der Waals surface area contributed by atoms with Crippen LogP contribution in [0, 0.1) is 12.3 Å². The molecular formula is C30H39N7O7S. The summed E-state index contributed by atoms with van der Waals surface area (Å²) in [6, 6.07) is 3.48. The Hall–Kier alpha value is -4.37. The number of thiazole rings is 1. The molecule has 242 valence electrons. The lowest BCUT2D eigenvalue weighted by molar-refractivity contribution is -0.144. The van der Waals surface area contributed by atoms with Crippen molar-refractivity contribution in [1.82, 2.24) is 36.5 Å². The van der Waals surface area contributed by atoms with Crippen LogP contribution in [-0.4, -0.2) is 94.8 Å². The minimum absolute atomic E-state index is 0.0388. The first-order valence-corrected chi connectivity index (χ1v) is 15.5. The van der Waals surface area contributed by atoms with E-state index < -0.39 is 78.2 Å². The molecule has 1 unspecified atom stereocenters. The number of hydrogen-bond acceptors (Lipinski definition) is 9. The number of hydrogen-bond donors (Lipinski definition) is 6. The zero-order chi connectivity index (χ0) is 32.9. The monoisotopic (exact) mass is 641 g/mol. The quantitative estimate of drug-likeness (QED) is 0.253. The number of aliphatic hydroxyl groups excluding tert-OH is 1. The molecule has 0 aliphatic carbocycles. The summed E-state index contributed by atoms with van der Waals surface area (Å²) in [4.78, 5) is 84.9. The lowest BCUT2D eigenvalue weighted by atomic mass is 9.85. The van der Waals surface area contributed by atoms with Gasteiger partial charge in [-0.15, -0.1) is 11.3 Å². The van der Waals surface area contributed by atoms with Crippen molar-refractivity contribution in [3.63, 3.8) is 0 Å². The van der Waals surface area contributed by atoms with Gasteiger partial charge in [0.15, 0.2) is 0 Å². The Balaban J connectivity index is 1.66. The van der Waals surface area contributed by atoms with E-state index in [1.165, 1.54) is 16.2 Å². The Morgan fingerprint density at radius 2 is 1.58 bits per heavy atom. The van der Waals surface area contributed by atoms with Gasteiger partial charge in [0.25, 0.3) is 0 Å². The Bertz CT molecular complexity index is 1450. The lowest BCUT2D eigenvalue weighted by Crippen LogP contribution is -2.59. The molecule has 4 atom stereocenters. The van der Waals surface area contributed by atoms with E-state index in [0.717, 1.165) is 16.1 Å². The molecule has 3 heterocycles. The topological polar surface area (TPSA) is 199 Å². The Kier molecular flexibility index (Phi) is 10.5. The third-order valence-corrected chi connectivity index (χ3v) is 8.60. The fraction of sp³-hybridized carbons (Fsp3) is 0.500. The Morgan fingerprint density at radius 1 is 0.889 bits per heavy atom. The van der Waals surface area contributed by atoms with E-state index >= 15 is 0 Å². The number of carbonyl (C=O) groups is 6. The van der Waals surface area contributed by atoms with E-state index in [1.807, 2.05) is 6.92 Å². The molecule has 2 saturated heterocycles. The van der Waals surface area contributed by atoms with Crippen molar-refractivity contribution in [3.8, 4) is 10.4 Å². The second-order valence-corrected chi connectivity index (χ2v) is 13.0. The van der Waals surface area contributed by atoms with Crippen molar-refractivity contribution in [2.45, 2.75) is 64.8 Å². The highest BCUT2D eigenvalue weighted by Gasteiger charge is 2.45. The maximum Gasteiger partial charge on any atom is 0.247 e. The predicted molar refractivity (Wildman–Crippen MR) is 164 cm³/mol. The number of aryl methyl sites for hydroxylation is 1. The molecule has 0 radical (unpaired) electrons. The minimum Gasteiger partial charge on any atom is -0.391 e. The molecule has 0 bridgehead atoms. The van der Waals surface area contributed by atoms with Crippen LogP contribution in [0.25, 0.3) is 10.4 Å². The van der Waals surface area contributed by atoms with Crippen LogP contribution in [0.2, 0.25) is 0 Å². The van der Waals surface area contributed by atoms with Crippen molar-refractivity contribution >= 4 is 46.8 Å². The summed E-state index contributed by atoms with van der Waals surface area (Å²) in [6.45, 7) is 6.09. The number of nitrogens with zero attached hydrogens (tertiary/aromatic N) is 2. The molecule has 0 saturated carbocycles. The Morgan fingerprint density at radius 3 is 2.22 bits per heavy atom. The van der Waals surface area contributed by atoms with E-state index in [4.69, 9.17) is 0 Å². The predicted octanol–water partition coefficient (Wildman–Crippen LogP) is -0.479. The van der Waals surface area contributed by atoms with Crippen LogP contribution in [0.4, 0.5) is 0 Å². The van der Waals surface area contributed by atoms with Crippen LogP contribution in [0.1, 0.15) is 50.9 Å². The molecule has 1 aromatic heterocycles. The van der Waals surface area contributed by atoms with Gasteiger partial charge in [-0.3, -0.25) is 28.8 Å². The van der Waals surface area contributed by atoms with Gasteiger partial charge in [-0.25, -0.2) is 4.98 Å². The van der Waals surface area contributed by atoms with Gasteiger partial charge in [0.1, 0.15) is 18.1 Å². The van der Waals surface area contributed by atoms with E-state index in [0.29, 0.717) is 5.56 Å². The fourth-order valence-corrected chi connectivity index (χ4v) is 6.00. The van der Waals surface area contributed by atoms with Gasteiger partial charge in [-0.05, 0) is 23.5 Å². The van der Waals surface area contributed by atoms with Crippen LogP contribution in [0.5, 0.6) is 0 Å². The third kappa shape index (κ3) is 8.42. The highest BCUT2D eigenvalue weighted by Crippen LogP contribution is 2.29. The smallest absolute Gasteiger partial charge is 0.247 e. The minimum atomic E-state index is -1.25. The summed E-state index contributed by atoms with van der Waals surface area (Å²) in [5, 5.41) is 23.4. The fourth-order valence-electron chi connectivity index (χ4n) is 5.19. The first kappa shape index (κ1) is 33.5. The summed E-state index contributed by atoms with van der Waals surface area (Å²) in [6.07, 6.45) is -1.22. The summed E-state index contributed by atoms with van der Waals surface area (Å²) in [5.74, 6) is -3.62. The van der Waals surface area contributed by atoms with Crippen LogP contribution in [0.15, 0.2) is 29.8 Å². The number of aliphatic hydroxyl groups is 1. The van der Waals surface area contributed by atoms with Crippen LogP contribution in [0.3, 0.4) is 0 Å². The molecule has 2 aliphatic rings. The van der Waals surface area contributed by atoms with E-state index in [-0.39, 0.29) is 25.9 Å². The van der Waals surface area contributed by atoms with Crippen molar-refractivity contribution in [2.75, 3.05) is 26.2 Å². The zero-order valence-corrected chi connectivity index (χ0v) is 26.5. The second-order valence-electron chi connectivity index (χ2n) is 12.2. The van der Waals surface area contributed by atoms with Gasteiger partial charge < -0.3 is 36.6 Å². The number of aromatic nitrogens is 1. The summed E-state index contributed by atoms with van der Waals surface area (Å²) >= 11 is 1.47. The van der Waals surface area contributed by atoms with E-state index in [9.17, 15) is 33.9 Å². The zero-order valence-electron chi connectivity index (χ0n) is 25.6. The van der Waals surface area contributed by atoms with Crippen LogP contribution < -0.4 is 26.6 Å².